The van der Waals surface area contributed by atoms with E-state index in [0.717, 1.165) is 13.8 Å². The van der Waals surface area contributed by atoms with Crippen molar-refractivity contribution in [2.24, 2.45) is 0 Å². The molecule has 39 heavy (non-hydrogen) atoms. The average molecular weight is 571 g/mol. The fourth-order valence-corrected chi connectivity index (χ4v) is 4.80. The maximum absolute atomic E-state index is 12.0. The van der Waals surface area contributed by atoms with Crippen molar-refractivity contribution in [1.82, 2.24) is 10.6 Å². The molecule has 3 rings (SSSR count). The molecule has 17 nitrogen and oxygen atoms in total. The molecule has 0 spiro atoms. The number of carbonyl (C=O) groups is 2. The normalized spacial score (nSPS) is 46.9. The van der Waals surface area contributed by atoms with Crippen molar-refractivity contribution in [3.8, 4) is 0 Å². The van der Waals surface area contributed by atoms with E-state index in [2.05, 4.69) is 10.6 Å². The molecule has 0 aromatic carbocycles. The second kappa shape index (κ2) is 13.4. The number of hydrogen-bond acceptors (Lipinski definition) is 15. The van der Waals surface area contributed by atoms with Crippen LogP contribution in [0.3, 0.4) is 0 Å². The monoisotopic (exact) mass is 570 g/mol. The first kappa shape index (κ1) is 31.9. The van der Waals surface area contributed by atoms with Crippen molar-refractivity contribution in [1.29, 1.82) is 0 Å². The molecule has 3 fully saturated rings. The van der Waals surface area contributed by atoms with Gasteiger partial charge in [-0.25, -0.2) is 0 Å². The van der Waals surface area contributed by atoms with Gasteiger partial charge in [-0.3, -0.25) is 9.59 Å². The third kappa shape index (κ3) is 7.02. The van der Waals surface area contributed by atoms with Crippen LogP contribution in [0.2, 0.25) is 0 Å². The number of amides is 2. The summed E-state index contributed by atoms with van der Waals surface area (Å²) in [6.45, 7) is 2.13. The average Bonchev–Trinajstić information content (AvgIpc) is 2.88. The Kier molecular flexibility index (Phi) is 11.0. The lowest BCUT2D eigenvalue weighted by atomic mass is 9.94. The Labute approximate surface area is 223 Å². The first-order valence-electron chi connectivity index (χ1n) is 12.4. The predicted molar refractivity (Wildman–Crippen MR) is 123 cm³/mol. The molecule has 3 aliphatic rings. The molecule has 0 aliphatic carbocycles. The van der Waals surface area contributed by atoms with Crippen molar-refractivity contribution in [2.45, 2.75) is 113 Å². The number of rotatable bonds is 8. The lowest BCUT2D eigenvalue weighted by molar-refractivity contribution is -0.362. The standard InChI is InChI=1S/C22H38N2O15/c1-6-13(29)16(32)17(33)22(35-6)39-19-12(24-8(3)28)20(34)36-10(5-26)18(19)38-21-11(23-7(2)27)15(31)14(30)9(4-25)37-21/h6,9-22,25-26,29-34H,4-5H2,1-3H3,(H,23,27)(H,24,28)/t6-,9-,10-,11-,12-,13+,14-,15-,16+,17-,18-,19-,20-,21+,22-/m1/s1. The zero-order chi connectivity index (χ0) is 29.2. The van der Waals surface area contributed by atoms with Crippen LogP contribution in [-0.2, 0) is 33.3 Å². The van der Waals surface area contributed by atoms with Crippen molar-refractivity contribution in [3.63, 3.8) is 0 Å². The van der Waals surface area contributed by atoms with Gasteiger partial charge < -0.3 is 75.2 Å². The van der Waals surface area contributed by atoms with Crippen LogP contribution in [0, 0.1) is 0 Å². The van der Waals surface area contributed by atoms with Gasteiger partial charge in [0.25, 0.3) is 0 Å². The molecular formula is C22H38N2O15. The Balaban J connectivity index is 1.98. The van der Waals surface area contributed by atoms with Crippen LogP contribution in [0.25, 0.3) is 0 Å². The second-order valence-electron chi connectivity index (χ2n) is 9.79. The summed E-state index contributed by atoms with van der Waals surface area (Å²) in [5.41, 5.74) is 0. The van der Waals surface area contributed by atoms with E-state index in [1.165, 1.54) is 6.92 Å². The zero-order valence-corrected chi connectivity index (χ0v) is 21.5. The van der Waals surface area contributed by atoms with Gasteiger partial charge in [0.2, 0.25) is 11.8 Å². The Morgan fingerprint density at radius 1 is 0.667 bits per heavy atom. The minimum Gasteiger partial charge on any atom is -0.394 e. The smallest absolute Gasteiger partial charge is 0.217 e. The highest BCUT2D eigenvalue weighted by Gasteiger charge is 2.54. The van der Waals surface area contributed by atoms with Gasteiger partial charge >= 0.3 is 0 Å². The van der Waals surface area contributed by atoms with Gasteiger partial charge in [-0.15, -0.1) is 0 Å². The summed E-state index contributed by atoms with van der Waals surface area (Å²) in [6, 6.07) is -2.82. The van der Waals surface area contributed by atoms with Crippen LogP contribution in [-0.4, -0.2) is 158 Å². The summed E-state index contributed by atoms with van der Waals surface area (Å²) >= 11 is 0. The van der Waals surface area contributed by atoms with E-state index < -0.39 is 117 Å². The zero-order valence-electron chi connectivity index (χ0n) is 21.5. The number of aliphatic hydroxyl groups is 8. The molecule has 0 saturated carbocycles. The maximum atomic E-state index is 12.0. The van der Waals surface area contributed by atoms with E-state index in [1.54, 1.807) is 0 Å². The van der Waals surface area contributed by atoms with E-state index in [4.69, 9.17) is 23.7 Å². The van der Waals surface area contributed by atoms with Crippen molar-refractivity contribution >= 4 is 11.8 Å². The molecule has 0 unspecified atom stereocenters. The molecule has 3 saturated heterocycles. The molecule has 0 aromatic rings. The third-order valence-electron chi connectivity index (χ3n) is 6.86. The molecule has 3 heterocycles. The first-order chi connectivity index (χ1) is 18.3. The summed E-state index contributed by atoms with van der Waals surface area (Å²) in [6.07, 6.45) is -20.0. The van der Waals surface area contributed by atoms with Gasteiger partial charge in [0, 0.05) is 13.8 Å². The highest BCUT2D eigenvalue weighted by atomic mass is 16.7. The molecule has 15 atom stereocenters. The Hall–Kier alpha value is -1.58. The molecule has 226 valence electrons. The molecule has 17 heteroatoms. The van der Waals surface area contributed by atoms with Crippen LogP contribution in [0.5, 0.6) is 0 Å². The Morgan fingerprint density at radius 2 is 1.23 bits per heavy atom. The van der Waals surface area contributed by atoms with Crippen LogP contribution in [0.15, 0.2) is 0 Å². The molecule has 2 amide bonds. The molecule has 3 aliphatic heterocycles. The molecular weight excluding hydrogens is 532 g/mol. The Bertz CT molecular complexity index is 837. The van der Waals surface area contributed by atoms with E-state index in [-0.39, 0.29) is 0 Å². The molecule has 10 N–H and O–H groups in total. The largest absolute Gasteiger partial charge is 0.394 e. The third-order valence-corrected chi connectivity index (χ3v) is 6.86. The van der Waals surface area contributed by atoms with Crippen LogP contribution >= 0.6 is 0 Å². The number of hydrogen-bond donors (Lipinski definition) is 10. The fraction of sp³-hybridized carbons (Fsp3) is 0.909. The lowest BCUT2D eigenvalue weighted by Gasteiger charge is -2.50. The summed E-state index contributed by atoms with van der Waals surface area (Å²) in [5, 5.41) is 86.7. The van der Waals surface area contributed by atoms with Crippen molar-refractivity contribution < 1.29 is 74.1 Å². The van der Waals surface area contributed by atoms with E-state index >= 15 is 0 Å². The number of ether oxygens (including phenoxy) is 5. The van der Waals surface area contributed by atoms with Gasteiger partial charge in [-0.1, -0.05) is 0 Å². The number of carbonyl (C=O) groups excluding carboxylic acids is 2. The SMILES string of the molecule is CC(=O)N[C@@H]1[C@@H](O[C@H]2O[C@H](C)[C@H](O)[C@H](O)[C@H]2O)[C@H](O[C@@H]2O[C@H](CO)[C@@H](O)[C@H](O)[C@H]2NC(C)=O)[C@@H](CO)O[C@H]1O. The van der Waals surface area contributed by atoms with Crippen LogP contribution in [0.1, 0.15) is 20.8 Å². The minimum atomic E-state index is -1.80. The maximum Gasteiger partial charge on any atom is 0.217 e. The summed E-state index contributed by atoms with van der Waals surface area (Å²) in [5.74, 6) is -1.28. The van der Waals surface area contributed by atoms with Crippen molar-refractivity contribution in [2.75, 3.05) is 13.2 Å². The first-order valence-corrected chi connectivity index (χ1v) is 12.4. The number of aliphatic hydroxyl groups excluding tert-OH is 8. The second-order valence-corrected chi connectivity index (χ2v) is 9.79. The van der Waals surface area contributed by atoms with Gasteiger partial charge in [0.05, 0.1) is 19.3 Å². The lowest BCUT2D eigenvalue weighted by Crippen LogP contribution is -2.70. The van der Waals surface area contributed by atoms with Gasteiger partial charge in [-0.05, 0) is 6.92 Å². The summed E-state index contributed by atoms with van der Waals surface area (Å²) in [4.78, 5) is 23.8. The quantitative estimate of drug-likeness (QED) is 0.130. The molecule has 0 bridgehead atoms. The highest BCUT2D eigenvalue weighted by Crippen LogP contribution is 2.33. The van der Waals surface area contributed by atoms with E-state index in [0.29, 0.717) is 0 Å². The predicted octanol–water partition coefficient (Wildman–Crippen LogP) is -6.26. The van der Waals surface area contributed by atoms with Crippen LogP contribution in [0.4, 0.5) is 0 Å². The minimum absolute atomic E-state index is 0.635. The van der Waals surface area contributed by atoms with E-state index in [9.17, 15) is 50.4 Å². The number of nitrogens with one attached hydrogen (secondary N) is 2. The van der Waals surface area contributed by atoms with Crippen LogP contribution < -0.4 is 10.6 Å². The summed E-state index contributed by atoms with van der Waals surface area (Å²) in [7, 11) is 0. The molecule has 0 radical (unpaired) electrons. The van der Waals surface area contributed by atoms with Gasteiger partial charge in [-0.2, -0.15) is 0 Å². The van der Waals surface area contributed by atoms with Gasteiger partial charge in [0.15, 0.2) is 18.9 Å². The summed E-state index contributed by atoms with van der Waals surface area (Å²) < 4.78 is 28.4. The Morgan fingerprint density at radius 3 is 1.79 bits per heavy atom. The molecule has 0 aromatic heterocycles. The van der Waals surface area contributed by atoms with Crippen molar-refractivity contribution in [3.05, 3.63) is 0 Å². The van der Waals surface area contributed by atoms with E-state index in [1.807, 2.05) is 0 Å². The fourth-order valence-electron chi connectivity index (χ4n) is 4.80. The van der Waals surface area contributed by atoms with Gasteiger partial charge in [0.1, 0.15) is 67.0 Å². The highest BCUT2D eigenvalue weighted by molar-refractivity contribution is 5.73. The topological polar surface area (TPSA) is 266 Å².